The molecule has 0 fully saturated rings. The van der Waals surface area contributed by atoms with Gasteiger partial charge in [-0.05, 0) is 29.4 Å². The number of hydrogen-bond acceptors (Lipinski definition) is 5. The van der Waals surface area contributed by atoms with Crippen LogP contribution in [-0.2, 0) is 24.0 Å². The van der Waals surface area contributed by atoms with Crippen LogP contribution in [0.1, 0.15) is 69.6 Å². The number of hydrogen-bond donors (Lipinski definition) is 2. The molecule has 0 aliphatic heterocycles. The van der Waals surface area contributed by atoms with Crippen LogP contribution in [0.15, 0.2) is 24.5 Å². The van der Waals surface area contributed by atoms with Crippen LogP contribution in [0, 0.1) is 6.92 Å². The Hall–Kier alpha value is -1.98. The van der Waals surface area contributed by atoms with Crippen molar-refractivity contribution in [2.24, 2.45) is 0 Å². The fraction of sp³-hybridized carbons (Fsp3) is 0.545. The number of nitrogens with zero attached hydrogens (tertiary/aromatic N) is 2. The number of aliphatic hydroxyl groups excluding tert-OH is 2. The largest absolute Gasteiger partial charge is 0.496 e. The first-order valence-corrected chi connectivity index (χ1v) is 9.16. The molecule has 0 saturated heterocycles. The monoisotopic (exact) mass is 374 g/mol. The van der Waals surface area contributed by atoms with Crippen molar-refractivity contribution in [1.82, 2.24) is 9.97 Å². The standard InChI is InChI=1S/C12H18O2.C10H16N2O/c1-12(2,3)11-9(8-13)6-5-7-10(11)14-4;1-7-9(10(2,3)4)8(5-13)12-6-11-7/h5-7,13H,8H2,1-4H3;6,13H,5H2,1-4H3. The number of aromatic nitrogens is 2. The Bertz CT molecular complexity index is 722. The van der Waals surface area contributed by atoms with Gasteiger partial charge < -0.3 is 14.9 Å². The Kier molecular flexibility index (Phi) is 7.93. The lowest BCUT2D eigenvalue weighted by Gasteiger charge is -2.24. The zero-order valence-corrected chi connectivity index (χ0v) is 17.9. The molecule has 1 aromatic carbocycles. The van der Waals surface area contributed by atoms with Crippen LogP contribution in [0.2, 0.25) is 0 Å². The number of benzene rings is 1. The second kappa shape index (κ2) is 9.29. The molecule has 0 radical (unpaired) electrons. The van der Waals surface area contributed by atoms with Gasteiger partial charge in [-0.1, -0.05) is 53.7 Å². The third-order valence-corrected chi connectivity index (χ3v) is 4.27. The summed E-state index contributed by atoms with van der Waals surface area (Å²) in [7, 11) is 1.66. The van der Waals surface area contributed by atoms with Crippen LogP contribution in [0.3, 0.4) is 0 Å². The molecule has 2 N–H and O–H groups in total. The lowest BCUT2D eigenvalue weighted by atomic mass is 9.83. The Labute approximate surface area is 163 Å². The van der Waals surface area contributed by atoms with Gasteiger partial charge in [-0.3, -0.25) is 0 Å². The van der Waals surface area contributed by atoms with Gasteiger partial charge in [0, 0.05) is 16.8 Å². The maximum Gasteiger partial charge on any atom is 0.122 e. The van der Waals surface area contributed by atoms with Crippen LogP contribution in [-0.4, -0.2) is 27.3 Å². The Morgan fingerprint density at radius 2 is 1.48 bits per heavy atom. The van der Waals surface area contributed by atoms with Crippen LogP contribution in [0.5, 0.6) is 5.75 Å². The SMILES string of the molecule is COc1cccc(CO)c1C(C)(C)C.Cc1ncnc(CO)c1C(C)(C)C. The van der Waals surface area contributed by atoms with Gasteiger partial charge in [0.25, 0.3) is 0 Å². The van der Waals surface area contributed by atoms with E-state index in [1.165, 1.54) is 6.33 Å². The van der Waals surface area contributed by atoms with Crippen LogP contribution >= 0.6 is 0 Å². The van der Waals surface area contributed by atoms with Crippen molar-refractivity contribution in [1.29, 1.82) is 0 Å². The van der Waals surface area contributed by atoms with Crippen molar-refractivity contribution in [2.75, 3.05) is 7.11 Å². The van der Waals surface area contributed by atoms with Gasteiger partial charge in [-0.25, -0.2) is 9.97 Å². The van der Waals surface area contributed by atoms with E-state index in [9.17, 15) is 5.11 Å². The topological polar surface area (TPSA) is 75.5 Å². The summed E-state index contributed by atoms with van der Waals surface area (Å²) in [6.45, 7) is 14.6. The quantitative estimate of drug-likeness (QED) is 0.847. The van der Waals surface area contributed by atoms with E-state index in [0.29, 0.717) is 0 Å². The molecule has 27 heavy (non-hydrogen) atoms. The van der Waals surface area contributed by atoms with E-state index in [1.54, 1.807) is 7.11 Å². The summed E-state index contributed by atoms with van der Waals surface area (Å²) in [5, 5.41) is 18.4. The second-order valence-electron chi connectivity index (χ2n) is 8.59. The van der Waals surface area contributed by atoms with E-state index in [-0.39, 0.29) is 24.0 Å². The van der Waals surface area contributed by atoms with Gasteiger partial charge in [-0.2, -0.15) is 0 Å². The van der Waals surface area contributed by atoms with Crippen LogP contribution < -0.4 is 4.74 Å². The number of aliphatic hydroxyl groups is 2. The number of methoxy groups -OCH3 is 1. The smallest absolute Gasteiger partial charge is 0.122 e. The Morgan fingerprint density at radius 1 is 0.889 bits per heavy atom. The summed E-state index contributed by atoms with van der Waals surface area (Å²) >= 11 is 0. The molecule has 0 bridgehead atoms. The van der Waals surface area contributed by atoms with Gasteiger partial charge in [0.15, 0.2) is 0 Å². The molecule has 0 atom stereocenters. The second-order valence-corrected chi connectivity index (χ2v) is 8.59. The minimum absolute atomic E-state index is 0.00926. The maximum atomic E-state index is 9.25. The van der Waals surface area contributed by atoms with Gasteiger partial charge in [0.05, 0.1) is 26.0 Å². The van der Waals surface area contributed by atoms with Crippen molar-refractivity contribution in [3.63, 3.8) is 0 Å². The van der Waals surface area contributed by atoms with E-state index in [0.717, 1.165) is 33.8 Å². The highest BCUT2D eigenvalue weighted by Gasteiger charge is 2.22. The molecule has 1 aromatic heterocycles. The van der Waals surface area contributed by atoms with Crippen LogP contribution in [0.25, 0.3) is 0 Å². The minimum Gasteiger partial charge on any atom is -0.496 e. The predicted octanol–water partition coefficient (Wildman–Crippen LogP) is 4.06. The molecule has 5 nitrogen and oxygen atoms in total. The third kappa shape index (κ3) is 6.01. The van der Waals surface area contributed by atoms with Gasteiger partial charge in [0.1, 0.15) is 12.1 Å². The molecule has 0 aliphatic rings. The number of rotatable bonds is 3. The highest BCUT2D eigenvalue weighted by atomic mass is 16.5. The lowest BCUT2D eigenvalue weighted by Crippen LogP contribution is -2.18. The summed E-state index contributed by atoms with van der Waals surface area (Å²) in [5.41, 5.74) is 4.75. The number of ether oxygens (including phenoxy) is 1. The summed E-state index contributed by atoms with van der Waals surface area (Å²) in [6.07, 6.45) is 1.50. The highest BCUT2D eigenvalue weighted by Crippen LogP contribution is 2.34. The fourth-order valence-electron chi connectivity index (χ4n) is 3.35. The van der Waals surface area contributed by atoms with Crippen molar-refractivity contribution < 1.29 is 14.9 Å². The summed E-state index contributed by atoms with van der Waals surface area (Å²) in [5.74, 6) is 0.851. The van der Waals surface area contributed by atoms with Crippen molar-refractivity contribution in [3.05, 3.63) is 52.6 Å². The van der Waals surface area contributed by atoms with E-state index in [2.05, 4.69) is 51.5 Å². The van der Waals surface area contributed by atoms with E-state index < -0.39 is 0 Å². The molecular weight excluding hydrogens is 340 g/mol. The molecule has 0 saturated carbocycles. The van der Waals surface area contributed by atoms with Gasteiger partial charge >= 0.3 is 0 Å². The van der Waals surface area contributed by atoms with Crippen LogP contribution in [0.4, 0.5) is 0 Å². The highest BCUT2D eigenvalue weighted by molar-refractivity contribution is 5.44. The molecule has 1 heterocycles. The predicted molar refractivity (Wildman–Crippen MR) is 109 cm³/mol. The molecule has 0 spiro atoms. The summed E-state index contributed by atoms with van der Waals surface area (Å²) in [4.78, 5) is 8.20. The Morgan fingerprint density at radius 3 is 1.89 bits per heavy atom. The third-order valence-electron chi connectivity index (χ3n) is 4.27. The molecule has 0 aliphatic carbocycles. The van der Waals surface area contributed by atoms with Crippen molar-refractivity contribution >= 4 is 0 Å². The van der Waals surface area contributed by atoms with Crippen molar-refractivity contribution in [2.45, 2.75) is 72.5 Å². The first-order chi connectivity index (χ1) is 12.5. The first kappa shape index (κ1) is 23.1. The molecule has 0 amide bonds. The molecule has 2 rings (SSSR count). The maximum absolute atomic E-state index is 9.25. The summed E-state index contributed by atoms with van der Waals surface area (Å²) in [6, 6.07) is 5.77. The van der Waals surface area contributed by atoms with E-state index >= 15 is 0 Å². The average molecular weight is 375 g/mol. The average Bonchev–Trinajstić information content (AvgIpc) is 2.59. The zero-order valence-electron chi connectivity index (χ0n) is 17.9. The first-order valence-electron chi connectivity index (χ1n) is 9.16. The van der Waals surface area contributed by atoms with Gasteiger partial charge in [-0.15, -0.1) is 0 Å². The Balaban J connectivity index is 0.000000271. The summed E-state index contributed by atoms with van der Waals surface area (Å²) < 4.78 is 5.30. The molecule has 0 unspecified atom stereocenters. The van der Waals surface area contributed by atoms with E-state index in [4.69, 9.17) is 9.84 Å². The zero-order chi connectivity index (χ0) is 20.8. The fourth-order valence-corrected chi connectivity index (χ4v) is 3.35. The molecular formula is C22H34N2O3. The van der Waals surface area contributed by atoms with E-state index in [1.807, 2.05) is 25.1 Å². The minimum atomic E-state index is -0.0179. The molecule has 150 valence electrons. The van der Waals surface area contributed by atoms with Crippen molar-refractivity contribution in [3.8, 4) is 5.75 Å². The number of aryl methyl sites for hydroxylation is 1. The molecule has 5 heteroatoms. The molecule has 2 aromatic rings. The van der Waals surface area contributed by atoms with Gasteiger partial charge in [0.2, 0.25) is 0 Å². The lowest BCUT2D eigenvalue weighted by molar-refractivity contribution is 0.272. The normalized spacial score (nSPS) is 11.6.